The summed E-state index contributed by atoms with van der Waals surface area (Å²) in [6.07, 6.45) is 2.66. The molecule has 0 bridgehead atoms. The van der Waals surface area contributed by atoms with Crippen LogP contribution in [0, 0.1) is 17.0 Å². The van der Waals surface area contributed by atoms with E-state index in [1.54, 1.807) is 17.4 Å². The molecule has 0 saturated carbocycles. The van der Waals surface area contributed by atoms with Crippen LogP contribution in [0.2, 0.25) is 0 Å². The van der Waals surface area contributed by atoms with Crippen LogP contribution in [0.5, 0.6) is 0 Å². The quantitative estimate of drug-likeness (QED) is 0.621. The molecule has 1 aromatic carbocycles. The lowest BCUT2D eigenvalue weighted by atomic mass is 10.1. The summed E-state index contributed by atoms with van der Waals surface area (Å²) in [4.78, 5) is 26.4. The van der Waals surface area contributed by atoms with Crippen LogP contribution in [-0.4, -0.2) is 28.8 Å². The van der Waals surface area contributed by atoms with Gasteiger partial charge in [0.15, 0.2) is 0 Å². The van der Waals surface area contributed by atoms with Crippen molar-refractivity contribution in [2.75, 3.05) is 18.4 Å². The molecule has 3 rings (SSSR count). The summed E-state index contributed by atoms with van der Waals surface area (Å²) in [5.74, 6) is -0.111. The number of carbonyl (C=O) groups excluding carboxylic acids is 1. The van der Waals surface area contributed by atoms with E-state index in [4.69, 9.17) is 0 Å². The summed E-state index contributed by atoms with van der Waals surface area (Å²) in [6.45, 7) is 3.53. The molecular weight excluding hydrogens is 338 g/mol. The van der Waals surface area contributed by atoms with E-state index in [9.17, 15) is 14.9 Å². The Balaban J connectivity index is 1.58. The van der Waals surface area contributed by atoms with Gasteiger partial charge in [-0.2, -0.15) is 0 Å². The molecule has 1 amide bonds. The summed E-state index contributed by atoms with van der Waals surface area (Å²) >= 11 is 1.76. The topological polar surface area (TPSA) is 75.5 Å². The first-order valence-electron chi connectivity index (χ1n) is 8.37. The van der Waals surface area contributed by atoms with Crippen molar-refractivity contribution in [2.24, 2.45) is 0 Å². The molecule has 1 aliphatic heterocycles. The van der Waals surface area contributed by atoms with Crippen LogP contribution < -0.4 is 5.32 Å². The largest absolute Gasteiger partial charge is 0.326 e. The summed E-state index contributed by atoms with van der Waals surface area (Å²) < 4.78 is 0. The van der Waals surface area contributed by atoms with Crippen molar-refractivity contribution in [3.63, 3.8) is 0 Å². The highest BCUT2D eigenvalue weighted by atomic mass is 32.1. The number of thiophene rings is 1. The molecule has 1 atom stereocenters. The minimum Gasteiger partial charge on any atom is -0.326 e. The Morgan fingerprint density at radius 3 is 3.00 bits per heavy atom. The van der Waals surface area contributed by atoms with Gasteiger partial charge in [0.25, 0.3) is 5.69 Å². The predicted octanol–water partition coefficient (Wildman–Crippen LogP) is 4.13. The second kappa shape index (κ2) is 7.76. The van der Waals surface area contributed by atoms with Gasteiger partial charge in [-0.15, -0.1) is 11.3 Å². The molecule has 2 heterocycles. The van der Waals surface area contributed by atoms with Gasteiger partial charge in [-0.3, -0.25) is 19.8 Å². The third kappa shape index (κ3) is 4.24. The highest BCUT2D eigenvalue weighted by molar-refractivity contribution is 7.10. The Morgan fingerprint density at radius 1 is 1.44 bits per heavy atom. The first-order valence-corrected chi connectivity index (χ1v) is 9.25. The Morgan fingerprint density at radius 2 is 2.28 bits per heavy atom. The minimum absolute atomic E-state index is 0.0156. The van der Waals surface area contributed by atoms with Gasteiger partial charge in [0.1, 0.15) is 0 Å². The van der Waals surface area contributed by atoms with Gasteiger partial charge in [0.05, 0.1) is 10.6 Å². The molecule has 0 radical (unpaired) electrons. The molecule has 1 saturated heterocycles. The number of aryl methyl sites for hydroxylation is 1. The summed E-state index contributed by atoms with van der Waals surface area (Å²) in [6, 6.07) is 9.14. The van der Waals surface area contributed by atoms with Gasteiger partial charge in [-0.1, -0.05) is 12.1 Å². The van der Waals surface area contributed by atoms with Gasteiger partial charge < -0.3 is 5.32 Å². The van der Waals surface area contributed by atoms with Crippen LogP contribution in [0.4, 0.5) is 11.4 Å². The number of non-ortho nitro benzene ring substituents is 1. The summed E-state index contributed by atoms with van der Waals surface area (Å²) in [5.41, 5.74) is 1.31. The molecule has 132 valence electrons. The van der Waals surface area contributed by atoms with E-state index in [2.05, 4.69) is 27.7 Å². The van der Waals surface area contributed by atoms with E-state index >= 15 is 0 Å². The predicted molar refractivity (Wildman–Crippen MR) is 98.9 cm³/mol. The molecule has 7 heteroatoms. The van der Waals surface area contributed by atoms with E-state index < -0.39 is 4.92 Å². The Labute approximate surface area is 150 Å². The number of amides is 1. The number of hydrogen-bond donors (Lipinski definition) is 1. The van der Waals surface area contributed by atoms with Crippen molar-refractivity contribution in [3.8, 4) is 0 Å². The monoisotopic (exact) mass is 359 g/mol. The molecule has 1 fully saturated rings. The highest BCUT2D eigenvalue weighted by Gasteiger charge is 2.26. The van der Waals surface area contributed by atoms with Crippen LogP contribution in [0.25, 0.3) is 0 Å². The zero-order valence-electron chi connectivity index (χ0n) is 14.1. The Hall–Kier alpha value is -2.25. The molecular formula is C18H21N3O3S. The number of hydrogen-bond acceptors (Lipinski definition) is 5. The number of nitrogens with zero attached hydrogens (tertiary/aromatic N) is 2. The van der Waals surface area contributed by atoms with Gasteiger partial charge >= 0.3 is 0 Å². The van der Waals surface area contributed by atoms with E-state index in [1.165, 1.54) is 17.0 Å². The molecule has 2 aromatic rings. The molecule has 1 N–H and O–H groups in total. The average molecular weight is 359 g/mol. The molecule has 0 aliphatic carbocycles. The van der Waals surface area contributed by atoms with Crippen LogP contribution in [0.15, 0.2) is 35.7 Å². The maximum atomic E-state index is 12.3. The molecule has 25 heavy (non-hydrogen) atoms. The maximum Gasteiger partial charge on any atom is 0.271 e. The lowest BCUT2D eigenvalue weighted by Crippen LogP contribution is -2.27. The average Bonchev–Trinajstić information content (AvgIpc) is 3.25. The molecule has 1 unspecified atom stereocenters. The van der Waals surface area contributed by atoms with E-state index in [0.29, 0.717) is 24.7 Å². The number of nitro benzene ring substituents is 1. The standard InChI is InChI=1S/C18H21N3O3S/c1-13-6-7-14(21(23)24)12-15(13)19-18(22)8-10-20-9-2-4-16(20)17-5-3-11-25-17/h3,5-7,11-12,16H,2,4,8-10H2,1H3,(H,19,22). The fourth-order valence-corrected chi connectivity index (χ4v) is 4.11. The summed E-state index contributed by atoms with van der Waals surface area (Å²) in [5, 5.41) is 15.8. The first kappa shape index (κ1) is 17.6. The van der Waals surface area contributed by atoms with Crippen LogP contribution >= 0.6 is 11.3 Å². The fraction of sp³-hybridized carbons (Fsp3) is 0.389. The lowest BCUT2D eigenvalue weighted by Gasteiger charge is -2.23. The van der Waals surface area contributed by atoms with Crippen molar-refractivity contribution in [2.45, 2.75) is 32.2 Å². The van der Waals surface area contributed by atoms with Crippen molar-refractivity contribution >= 4 is 28.6 Å². The number of nitrogens with one attached hydrogen (secondary N) is 1. The Kier molecular flexibility index (Phi) is 5.45. The number of nitro groups is 1. The second-order valence-electron chi connectivity index (χ2n) is 6.26. The molecule has 1 aromatic heterocycles. The zero-order valence-corrected chi connectivity index (χ0v) is 14.9. The maximum absolute atomic E-state index is 12.3. The molecule has 6 nitrogen and oxygen atoms in total. The normalized spacial score (nSPS) is 17.6. The van der Waals surface area contributed by atoms with E-state index in [-0.39, 0.29) is 11.6 Å². The number of rotatable bonds is 6. The van der Waals surface area contributed by atoms with E-state index in [0.717, 1.165) is 24.9 Å². The SMILES string of the molecule is Cc1ccc([N+](=O)[O-])cc1NC(=O)CCN1CCCC1c1cccs1. The number of carbonyl (C=O) groups is 1. The van der Waals surface area contributed by atoms with Gasteiger partial charge in [-0.05, 0) is 43.3 Å². The van der Waals surface area contributed by atoms with E-state index in [1.807, 2.05) is 6.92 Å². The van der Waals surface area contributed by atoms with Crippen molar-refractivity contribution in [1.29, 1.82) is 0 Å². The van der Waals surface area contributed by atoms with Crippen molar-refractivity contribution in [1.82, 2.24) is 4.90 Å². The smallest absolute Gasteiger partial charge is 0.271 e. The third-order valence-corrected chi connectivity index (χ3v) is 5.54. The number of likely N-dealkylation sites (tertiary alicyclic amines) is 1. The number of anilines is 1. The first-order chi connectivity index (χ1) is 12.0. The van der Waals surface area contributed by atoms with Crippen LogP contribution in [0.3, 0.4) is 0 Å². The van der Waals surface area contributed by atoms with Crippen LogP contribution in [-0.2, 0) is 4.79 Å². The van der Waals surface area contributed by atoms with Crippen LogP contribution in [0.1, 0.15) is 35.7 Å². The van der Waals surface area contributed by atoms with Gasteiger partial charge in [0.2, 0.25) is 5.91 Å². The molecule has 0 spiro atoms. The van der Waals surface area contributed by atoms with Crippen molar-refractivity contribution < 1.29 is 9.72 Å². The third-order valence-electron chi connectivity index (χ3n) is 4.57. The summed E-state index contributed by atoms with van der Waals surface area (Å²) in [7, 11) is 0. The van der Waals surface area contributed by atoms with Gasteiger partial charge in [0, 0.05) is 36.0 Å². The van der Waals surface area contributed by atoms with Crippen molar-refractivity contribution in [3.05, 3.63) is 56.3 Å². The second-order valence-corrected chi connectivity index (χ2v) is 7.24. The minimum atomic E-state index is -0.453. The lowest BCUT2D eigenvalue weighted by molar-refractivity contribution is -0.384. The highest BCUT2D eigenvalue weighted by Crippen LogP contribution is 2.34. The zero-order chi connectivity index (χ0) is 17.8. The van der Waals surface area contributed by atoms with Gasteiger partial charge in [-0.25, -0.2) is 0 Å². The Bertz CT molecular complexity index is 761. The number of benzene rings is 1. The fourth-order valence-electron chi connectivity index (χ4n) is 3.21. The molecule has 1 aliphatic rings.